The van der Waals surface area contributed by atoms with Crippen molar-refractivity contribution in [3.63, 3.8) is 0 Å². The lowest BCUT2D eigenvalue weighted by Gasteiger charge is -2.16. The smallest absolute Gasteiger partial charge is 0.305 e. The predicted octanol–water partition coefficient (Wildman–Crippen LogP) is 9.04. The van der Waals surface area contributed by atoms with E-state index in [9.17, 15) is 38.8 Å². The molecule has 2 heterocycles. The number of aliphatic carboxylic acids is 2. The number of aliphatic hydroxyl groups is 4. The molecule has 10 nitrogen and oxygen atoms in total. The van der Waals surface area contributed by atoms with Gasteiger partial charge in [0, 0.05) is 57.7 Å². The molecule has 2 aliphatic rings. The van der Waals surface area contributed by atoms with Gasteiger partial charge in [-0.15, -0.1) is 0 Å². The summed E-state index contributed by atoms with van der Waals surface area (Å²) >= 11 is 0. The number of carbonyl (C=O) groups is 2. The van der Waals surface area contributed by atoms with Crippen LogP contribution in [0.4, 0.5) is 8.78 Å². The lowest BCUT2D eigenvalue weighted by Crippen LogP contribution is -2.19. The van der Waals surface area contributed by atoms with Crippen molar-refractivity contribution in [2.75, 3.05) is 0 Å². The van der Waals surface area contributed by atoms with Crippen molar-refractivity contribution < 1.29 is 49.0 Å². The molecule has 6 N–H and O–H groups in total. The van der Waals surface area contributed by atoms with E-state index in [2.05, 4.69) is 0 Å². The quantitative estimate of drug-likeness (QED) is 0.0550. The number of aromatic nitrogens is 2. The van der Waals surface area contributed by atoms with Crippen LogP contribution in [0.25, 0.3) is 56.2 Å². The summed E-state index contributed by atoms with van der Waals surface area (Å²) in [7, 11) is 0. The first-order valence-electron chi connectivity index (χ1n) is 20.7. The molecule has 8 rings (SSSR count). The van der Waals surface area contributed by atoms with Crippen molar-refractivity contribution in [2.24, 2.45) is 0 Å². The Morgan fingerprint density at radius 3 is 1.26 bits per heavy atom. The lowest BCUT2D eigenvalue weighted by atomic mass is 9.92. The van der Waals surface area contributed by atoms with Crippen molar-refractivity contribution in [1.29, 1.82) is 0 Å². The average molecular weight is 843 g/mol. The van der Waals surface area contributed by atoms with Crippen molar-refractivity contribution >= 4 is 45.9 Å². The van der Waals surface area contributed by atoms with Gasteiger partial charge in [0.25, 0.3) is 0 Å². The summed E-state index contributed by atoms with van der Waals surface area (Å²) in [4.78, 5) is 31.3. The second kappa shape index (κ2) is 19.7. The highest BCUT2D eigenvalue weighted by Gasteiger charge is 2.31. The number of hydrogen-bond acceptors (Lipinski definition) is 8. The minimum atomic E-state index is -1.13. The summed E-state index contributed by atoms with van der Waals surface area (Å²) in [6.07, 6.45) is 5.60. The van der Waals surface area contributed by atoms with Crippen LogP contribution in [0.5, 0.6) is 0 Å². The van der Waals surface area contributed by atoms with Crippen LogP contribution in [0, 0.1) is 11.6 Å². The molecule has 2 aromatic heterocycles. The maximum atomic E-state index is 13.6. The molecule has 320 valence electrons. The fraction of sp³-hybridized carbons (Fsp3) is 0.280. The van der Waals surface area contributed by atoms with E-state index in [1.165, 1.54) is 24.3 Å². The van der Waals surface area contributed by atoms with Crippen molar-refractivity contribution in [3.05, 3.63) is 143 Å². The van der Waals surface area contributed by atoms with E-state index in [1.807, 2.05) is 48.5 Å². The first kappa shape index (κ1) is 43.9. The molecule has 0 aliphatic heterocycles. The Morgan fingerprint density at radius 1 is 0.565 bits per heavy atom. The topological polar surface area (TPSA) is 181 Å². The summed E-state index contributed by atoms with van der Waals surface area (Å²) < 4.78 is 27.2. The third kappa shape index (κ3) is 11.2. The number of halogens is 2. The van der Waals surface area contributed by atoms with Gasteiger partial charge in [0.1, 0.15) is 11.6 Å². The van der Waals surface area contributed by atoms with Gasteiger partial charge in [-0.25, -0.2) is 8.78 Å². The number of para-hydroxylation sites is 2. The Labute approximate surface area is 357 Å². The van der Waals surface area contributed by atoms with Crippen LogP contribution in [0.2, 0.25) is 0 Å². The van der Waals surface area contributed by atoms with Crippen LogP contribution in [-0.4, -0.2) is 77.0 Å². The number of pyridine rings is 2. The number of carboxylic acid groups (broad SMARTS) is 2. The van der Waals surface area contributed by atoms with Crippen LogP contribution in [0.1, 0.15) is 85.7 Å². The molecule has 0 amide bonds. The Hall–Kier alpha value is -6.18. The standard InChI is InChI=1S/2C25H24FNO4/c2*26-17-9-7-15(8-10-17)24-20-3-1-2-4-22(20)27-25(16-5-6-16)21(24)12-11-18(28)13-19(29)14-23(30)31/h2*1-4,7-12,16,18-19,28-29H,5-6,13-14H2,(H,30,31)/b2*12-11+/t18?,19-;18-,19-/m11/s1. The zero-order chi connectivity index (χ0) is 43.9. The minimum absolute atomic E-state index is 0.0749. The molecule has 4 aromatic carbocycles. The molecule has 0 spiro atoms. The minimum Gasteiger partial charge on any atom is -0.481 e. The molecule has 0 bridgehead atoms. The molecule has 0 saturated heterocycles. The maximum Gasteiger partial charge on any atom is 0.305 e. The number of fused-ring (bicyclic) bond motifs is 2. The van der Waals surface area contributed by atoms with Crippen LogP contribution < -0.4 is 0 Å². The first-order valence-corrected chi connectivity index (χ1v) is 20.7. The molecule has 2 saturated carbocycles. The predicted molar refractivity (Wildman–Crippen MR) is 234 cm³/mol. The highest BCUT2D eigenvalue weighted by Crippen LogP contribution is 2.47. The summed E-state index contributed by atoms with van der Waals surface area (Å²) in [5.74, 6) is -2.20. The van der Waals surface area contributed by atoms with E-state index in [0.717, 1.165) is 92.3 Å². The lowest BCUT2D eigenvalue weighted by molar-refractivity contribution is -0.140. The fourth-order valence-electron chi connectivity index (χ4n) is 7.72. The molecule has 12 heteroatoms. The van der Waals surface area contributed by atoms with Gasteiger partial charge in [-0.2, -0.15) is 0 Å². The van der Waals surface area contributed by atoms with E-state index in [0.29, 0.717) is 11.8 Å². The Balaban J connectivity index is 0.000000186. The number of hydrogen-bond donors (Lipinski definition) is 6. The van der Waals surface area contributed by atoms with Gasteiger partial charge in [-0.05, 0) is 73.2 Å². The van der Waals surface area contributed by atoms with Crippen molar-refractivity contribution in [2.45, 2.75) is 87.6 Å². The third-order valence-electron chi connectivity index (χ3n) is 10.9. The maximum absolute atomic E-state index is 13.6. The molecule has 0 radical (unpaired) electrons. The summed E-state index contributed by atoms with van der Waals surface area (Å²) in [5, 5.41) is 59.8. The molecule has 62 heavy (non-hydrogen) atoms. The molecular weight excluding hydrogens is 795 g/mol. The molecule has 2 aliphatic carbocycles. The second-order valence-corrected chi connectivity index (χ2v) is 16.0. The van der Waals surface area contributed by atoms with Gasteiger partial charge in [-0.1, -0.05) is 85.0 Å². The molecule has 1 unspecified atom stereocenters. The zero-order valence-electron chi connectivity index (χ0n) is 33.8. The van der Waals surface area contributed by atoms with E-state index in [-0.39, 0.29) is 24.5 Å². The van der Waals surface area contributed by atoms with E-state index in [1.54, 1.807) is 48.6 Å². The summed E-state index contributed by atoms with van der Waals surface area (Å²) in [6, 6.07) is 28.2. The van der Waals surface area contributed by atoms with Crippen LogP contribution in [0.3, 0.4) is 0 Å². The normalized spacial score (nSPS) is 16.0. The van der Waals surface area contributed by atoms with E-state index >= 15 is 0 Å². The average Bonchev–Trinajstić information content (AvgIpc) is 4.17. The highest BCUT2D eigenvalue weighted by atomic mass is 19.1. The first-order chi connectivity index (χ1) is 29.8. The fourth-order valence-corrected chi connectivity index (χ4v) is 7.72. The molecule has 2 fully saturated rings. The SMILES string of the molecule is O=C(O)C[C@H](O)CC(O)/C=C/c1c(C2CC2)nc2ccccc2c1-c1ccc(F)cc1.O=C(O)C[C@H](O)C[C@H](O)/C=C/c1c(C2CC2)nc2ccccc2c1-c1ccc(F)cc1. The largest absolute Gasteiger partial charge is 0.481 e. The summed E-state index contributed by atoms with van der Waals surface area (Å²) in [5.41, 5.74) is 8.85. The Morgan fingerprint density at radius 2 is 0.919 bits per heavy atom. The van der Waals surface area contributed by atoms with E-state index in [4.69, 9.17) is 20.2 Å². The van der Waals surface area contributed by atoms with Gasteiger partial charge in [-0.3, -0.25) is 19.6 Å². The van der Waals surface area contributed by atoms with Crippen molar-refractivity contribution in [1.82, 2.24) is 9.97 Å². The van der Waals surface area contributed by atoms with Gasteiger partial charge >= 0.3 is 11.9 Å². The van der Waals surface area contributed by atoms with Gasteiger partial charge in [0.15, 0.2) is 0 Å². The monoisotopic (exact) mass is 842 g/mol. The van der Waals surface area contributed by atoms with Gasteiger partial charge in [0.05, 0.1) is 59.7 Å². The number of carboxylic acids is 2. The molecule has 6 aromatic rings. The Bertz CT molecular complexity index is 2430. The Kier molecular flexibility index (Phi) is 13.9. The van der Waals surface area contributed by atoms with Crippen LogP contribution in [0.15, 0.2) is 109 Å². The zero-order valence-corrected chi connectivity index (χ0v) is 33.8. The number of rotatable bonds is 16. The summed E-state index contributed by atoms with van der Waals surface area (Å²) in [6.45, 7) is 0. The third-order valence-corrected chi connectivity index (χ3v) is 10.9. The number of benzene rings is 4. The number of nitrogens with zero attached hydrogens (tertiary/aromatic N) is 2. The number of aliphatic hydroxyl groups excluding tert-OH is 4. The van der Waals surface area contributed by atoms with Crippen molar-refractivity contribution in [3.8, 4) is 22.3 Å². The molecule has 4 atom stereocenters. The highest BCUT2D eigenvalue weighted by molar-refractivity contribution is 6.00. The van der Waals surface area contributed by atoms with Gasteiger partial charge < -0.3 is 30.6 Å². The van der Waals surface area contributed by atoms with Gasteiger partial charge in [0.2, 0.25) is 0 Å². The van der Waals surface area contributed by atoms with Crippen LogP contribution in [-0.2, 0) is 9.59 Å². The van der Waals surface area contributed by atoms with E-state index < -0.39 is 49.2 Å². The van der Waals surface area contributed by atoms with Crippen LogP contribution >= 0.6 is 0 Å². The molecular formula is C50H48F2N2O8. The second-order valence-electron chi connectivity index (χ2n) is 16.0.